The lowest BCUT2D eigenvalue weighted by atomic mass is 9.96. The zero-order chi connectivity index (χ0) is 18.5. The Bertz CT molecular complexity index is 1060. The van der Waals surface area contributed by atoms with E-state index in [1.165, 1.54) is 6.07 Å². The van der Waals surface area contributed by atoms with Crippen molar-refractivity contribution in [1.29, 1.82) is 0 Å². The number of para-hydroxylation sites is 1. The van der Waals surface area contributed by atoms with Crippen LogP contribution in [0.4, 0.5) is 0 Å². The number of hydrogen-bond donors (Lipinski definition) is 2. The van der Waals surface area contributed by atoms with Crippen LogP contribution in [-0.2, 0) is 0 Å². The summed E-state index contributed by atoms with van der Waals surface area (Å²) in [4.78, 5) is 27.8. The molecule has 3 aromatic rings. The Morgan fingerprint density at radius 2 is 1.68 bits per heavy atom. The lowest BCUT2D eigenvalue weighted by Gasteiger charge is -2.10. The van der Waals surface area contributed by atoms with E-state index in [0.717, 1.165) is 0 Å². The SMILES string of the molecule is Cc1[nH]c2c(Cl)cccc2c1C(=O)c1cc(Cl)c(Cl)c(Cl)c1C(=O)O. The average molecular weight is 417 g/mol. The highest BCUT2D eigenvalue weighted by atomic mass is 35.5. The molecule has 0 bridgehead atoms. The van der Waals surface area contributed by atoms with E-state index in [0.29, 0.717) is 27.2 Å². The number of aromatic amines is 1. The zero-order valence-corrected chi connectivity index (χ0v) is 15.6. The fourth-order valence-electron chi connectivity index (χ4n) is 2.72. The van der Waals surface area contributed by atoms with Crippen LogP contribution in [0, 0.1) is 6.92 Å². The van der Waals surface area contributed by atoms with Gasteiger partial charge >= 0.3 is 5.97 Å². The number of nitrogens with one attached hydrogen (secondary N) is 1. The molecule has 8 heteroatoms. The summed E-state index contributed by atoms with van der Waals surface area (Å²) in [6.45, 7) is 1.70. The summed E-state index contributed by atoms with van der Waals surface area (Å²) >= 11 is 24.1. The van der Waals surface area contributed by atoms with E-state index in [9.17, 15) is 14.7 Å². The highest BCUT2D eigenvalue weighted by Gasteiger charge is 2.27. The molecule has 2 N–H and O–H groups in total. The van der Waals surface area contributed by atoms with E-state index in [-0.39, 0.29) is 20.6 Å². The molecule has 0 atom stereocenters. The Morgan fingerprint density at radius 3 is 2.32 bits per heavy atom. The third-order valence-corrected chi connectivity index (χ3v) is 5.40. The fourth-order valence-corrected chi connectivity index (χ4v) is 3.63. The van der Waals surface area contributed by atoms with Gasteiger partial charge in [-0.15, -0.1) is 0 Å². The Morgan fingerprint density at radius 1 is 1.00 bits per heavy atom. The van der Waals surface area contributed by atoms with E-state index in [2.05, 4.69) is 4.98 Å². The number of aromatic carboxylic acids is 1. The minimum Gasteiger partial charge on any atom is -0.478 e. The van der Waals surface area contributed by atoms with Gasteiger partial charge in [-0.1, -0.05) is 58.5 Å². The minimum atomic E-state index is -1.37. The first kappa shape index (κ1) is 18.1. The first-order chi connectivity index (χ1) is 11.7. The molecule has 128 valence electrons. The minimum absolute atomic E-state index is 0.00413. The Labute approximate surface area is 162 Å². The standard InChI is InChI=1S/C17H9Cl4NO3/c1-6-11(7-3-2-4-9(18)15(7)22-6)16(23)8-5-10(19)13(20)14(21)12(8)17(24)25/h2-5,22H,1H3,(H,24,25). The second-order valence-electron chi connectivity index (χ2n) is 5.33. The van der Waals surface area contributed by atoms with E-state index < -0.39 is 17.3 Å². The largest absolute Gasteiger partial charge is 0.478 e. The average Bonchev–Trinajstić information content (AvgIpc) is 2.88. The van der Waals surface area contributed by atoms with Gasteiger partial charge in [0.1, 0.15) is 0 Å². The fraction of sp³-hybridized carbons (Fsp3) is 0.0588. The maximum atomic E-state index is 13.1. The number of carbonyl (C=O) groups excluding carboxylic acids is 1. The molecule has 0 fully saturated rings. The van der Waals surface area contributed by atoms with Gasteiger partial charge in [0.05, 0.1) is 36.7 Å². The third-order valence-electron chi connectivity index (χ3n) is 3.82. The van der Waals surface area contributed by atoms with Crippen LogP contribution in [0.25, 0.3) is 10.9 Å². The molecule has 0 aliphatic heterocycles. The molecular formula is C17H9Cl4NO3. The lowest BCUT2D eigenvalue weighted by Crippen LogP contribution is -2.11. The van der Waals surface area contributed by atoms with Crippen molar-refractivity contribution >= 4 is 69.1 Å². The van der Waals surface area contributed by atoms with Crippen LogP contribution in [0.3, 0.4) is 0 Å². The summed E-state index contributed by atoms with van der Waals surface area (Å²) in [7, 11) is 0. The number of benzene rings is 2. The molecular weight excluding hydrogens is 408 g/mol. The summed E-state index contributed by atoms with van der Waals surface area (Å²) < 4.78 is 0. The van der Waals surface area contributed by atoms with Crippen LogP contribution in [0.15, 0.2) is 24.3 Å². The van der Waals surface area contributed by atoms with Gasteiger partial charge in [-0.2, -0.15) is 0 Å². The smallest absolute Gasteiger partial charge is 0.338 e. The van der Waals surface area contributed by atoms with Gasteiger partial charge in [-0.3, -0.25) is 4.79 Å². The van der Waals surface area contributed by atoms with E-state index in [1.807, 2.05) is 0 Å². The molecule has 0 aliphatic rings. The van der Waals surface area contributed by atoms with Crippen molar-refractivity contribution in [2.45, 2.75) is 6.92 Å². The summed E-state index contributed by atoms with van der Waals surface area (Å²) in [5.74, 6) is -1.91. The van der Waals surface area contributed by atoms with Crippen molar-refractivity contribution in [3.63, 3.8) is 0 Å². The number of halogens is 4. The van der Waals surface area contributed by atoms with Crippen LogP contribution in [0.5, 0.6) is 0 Å². The van der Waals surface area contributed by atoms with Crippen LogP contribution in [-0.4, -0.2) is 21.8 Å². The molecule has 25 heavy (non-hydrogen) atoms. The number of rotatable bonds is 3. The molecule has 2 aromatic carbocycles. The predicted octanol–water partition coefficient (Wildman–Crippen LogP) is 6.02. The molecule has 0 saturated carbocycles. The third kappa shape index (κ3) is 2.89. The highest BCUT2D eigenvalue weighted by molar-refractivity contribution is 6.50. The first-order valence-corrected chi connectivity index (χ1v) is 8.47. The maximum absolute atomic E-state index is 13.1. The molecule has 0 saturated heterocycles. The maximum Gasteiger partial charge on any atom is 0.338 e. The highest BCUT2D eigenvalue weighted by Crippen LogP contribution is 2.37. The number of fused-ring (bicyclic) bond motifs is 1. The van der Waals surface area contributed by atoms with Crippen LogP contribution in [0.2, 0.25) is 20.1 Å². The van der Waals surface area contributed by atoms with E-state index in [1.54, 1.807) is 25.1 Å². The number of hydrogen-bond acceptors (Lipinski definition) is 2. The molecule has 0 amide bonds. The van der Waals surface area contributed by atoms with Crippen molar-refractivity contribution in [2.75, 3.05) is 0 Å². The number of carboxylic acids is 1. The quantitative estimate of drug-likeness (QED) is 0.405. The molecule has 0 unspecified atom stereocenters. The number of H-pyrrole nitrogens is 1. The number of aryl methyl sites for hydroxylation is 1. The van der Waals surface area contributed by atoms with Crippen LogP contribution in [0.1, 0.15) is 32.0 Å². The van der Waals surface area contributed by atoms with Gasteiger partial charge in [0.2, 0.25) is 0 Å². The van der Waals surface area contributed by atoms with Gasteiger partial charge in [-0.05, 0) is 19.1 Å². The van der Waals surface area contributed by atoms with Crippen LogP contribution >= 0.6 is 46.4 Å². The molecule has 3 rings (SSSR count). The molecule has 1 aromatic heterocycles. The van der Waals surface area contributed by atoms with Crippen molar-refractivity contribution in [3.05, 3.63) is 66.7 Å². The van der Waals surface area contributed by atoms with Crippen LogP contribution < -0.4 is 0 Å². The molecule has 0 radical (unpaired) electrons. The van der Waals surface area contributed by atoms with Gasteiger partial charge < -0.3 is 10.1 Å². The van der Waals surface area contributed by atoms with Crippen molar-refractivity contribution < 1.29 is 14.7 Å². The first-order valence-electron chi connectivity index (χ1n) is 6.96. The molecule has 1 heterocycles. The summed E-state index contributed by atoms with van der Waals surface area (Å²) in [5, 5.41) is 10.1. The second-order valence-corrected chi connectivity index (χ2v) is 6.90. The molecule has 4 nitrogen and oxygen atoms in total. The number of aromatic nitrogens is 1. The van der Waals surface area contributed by atoms with Crippen molar-refractivity contribution in [3.8, 4) is 0 Å². The lowest BCUT2D eigenvalue weighted by molar-refractivity contribution is 0.0693. The van der Waals surface area contributed by atoms with E-state index in [4.69, 9.17) is 46.4 Å². The molecule has 0 aliphatic carbocycles. The molecule has 0 spiro atoms. The predicted molar refractivity (Wildman–Crippen MR) is 99.9 cm³/mol. The summed E-state index contributed by atoms with van der Waals surface area (Å²) in [6.07, 6.45) is 0. The summed E-state index contributed by atoms with van der Waals surface area (Å²) in [5.41, 5.74) is 0.904. The number of carbonyl (C=O) groups is 2. The Balaban J connectivity index is 2.33. The monoisotopic (exact) mass is 415 g/mol. The number of carboxylic acid groups (broad SMARTS) is 1. The van der Waals surface area contributed by atoms with Gasteiger partial charge in [-0.25, -0.2) is 4.79 Å². The zero-order valence-electron chi connectivity index (χ0n) is 12.6. The van der Waals surface area contributed by atoms with Gasteiger partial charge in [0.25, 0.3) is 0 Å². The number of ketones is 1. The normalized spacial score (nSPS) is 11.1. The Kier molecular flexibility index (Phi) is 4.73. The van der Waals surface area contributed by atoms with Crippen molar-refractivity contribution in [2.24, 2.45) is 0 Å². The second kappa shape index (κ2) is 6.54. The van der Waals surface area contributed by atoms with Gasteiger partial charge in [0.15, 0.2) is 5.78 Å². The van der Waals surface area contributed by atoms with Crippen molar-refractivity contribution in [1.82, 2.24) is 4.98 Å². The Hall–Kier alpha value is -1.72. The van der Waals surface area contributed by atoms with Gasteiger partial charge in [0, 0.05) is 16.6 Å². The summed E-state index contributed by atoms with van der Waals surface area (Å²) in [6, 6.07) is 6.32. The topological polar surface area (TPSA) is 70.2 Å². The van der Waals surface area contributed by atoms with E-state index >= 15 is 0 Å².